The molecular weight excluding hydrogens is 594 g/mol. The van der Waals surface area contributed by atoms with Crippen LogP contribution in [0.3, 0.4) is 0 Å². The summed E-state index contributed by atoms with van der Waals surface area (Å²) in [4.78, 5) is 35.2. The third kappa shape index (κ3) is 8.39. The number of hydrogen-bond acceptors (Lipinski definition) is 18. The Morgan fingerprint density at radius 3 is 2.12 bits per heavy atom. The molecule has 0 aromatic heterocycles. The highest BCUT2D eigenvalue weighted by molar-refractivity contribution is 5.76. The Bertz CT molecular complexity index is 927. The van der Waals surface area contributed by atoms with Crippen LogP contribution in [0.2, 0.25) is 0 Å². The fourth-order valence-electron chi connectivity index (χ4n) is 4.71. The Labute approximate surface area is 243 Å². The summed E-state index contributed by atoms with van der Waals surface area (Å²) in [6.07, 6.45) is -28.0. The predicted molar refractivity (Wildman–Crippen MR) is 131 cm³/mol. The van der Waals surface area contributed by atoms with Gasteiger partial charge in [-0.05, 0) is 0 Å². The molecule has 20 heteroatoms. The van der Waals surface area contributed by atoms with E-state index in [1.165, 1.54) is 0 Å². The van der Waals surface area contributed by atoms with Gasteiger partial charge in [-0.15, -0.1) is 0 Å². The molecule has 0 aromatic carbocycles. The first kappa shape index (κ1) is 37.2. The molecule has 0 aliphatic carbocycles. The van der Waals surface area contributed by atoms with Crippen LogP contribution < -0.4 is 5.32 Å². The molecule has 13 N–H and O–H groups in total. The van der Waals surface area contributed by atoms with Crippen LogP contribution in [0.4, 0.5) is 0 Å². The molecule has 0 aromatic rings. The van der Waals surface area contributed by atoms with E-state index in [-0.39, 0.29) is 6.29 Å². The summed E-state index contributed by atoms with van der Waals surface area (Å²) in [6.45, 7) is -2.18. The predicted octanol–water partition coefficient (Wildman–Crippen LogP) is -8.38. The molecule has 2 aliphatic rings. The number of carbonyl (C=O) groups excluding carboxylic acids is 2. The molecule has 15 atom stereocenters. The Hall–Kier alpha value is -1.99. The minimum absolute atomic E-state index is 0.134. The van der Waals surface area contributed by atoms with Gasteiger partial charge in [-0.25, -0.2) is 4.79 Å². The van der Waals surface area contributed by atoms with Crippen molar-refractivity contribution in [1.82, 2.24) is 5.32 Å². The van der Waals surface area contributed by atoms with Gasteiger partial charge in [0.05, 0.1) is 32.0 Å². The molecule has 2 rings (SSSR count). The Morgan fingerprint density at radius 2 is 1.63 bits per heavy atom. The molecule has 43 heavy (non-hydrogen) atoms. The van der Waals surface area contributed by atoms with Crippen molar-refractivity contribution in [3.05, 3.63) is 0 Å². The second-order valence-corrected chi connectivity index (χ2v) is 10.1. The van der Waals surface area contributed by atoms with Crippen molar-refractivity contribution < 1.29 is 94.6 Å². The summed E-state index contributed by atoms with van der Waals surface area (Å²) in [7, 11) is 0. The number of aldehydes is 1. The van der Waals surface area contributed by atoms with E-state index in [2.05, 4.69) is 5.32 Å². The third-order valence-corrected chi connectivity index (χ3v) is 7.02. The van der Waals surface area contributed by atoms with E-state index in [0.717, 1.165) is 6.92 Å². The van der Waals surface area contributed by atoms with Crippen LogP contribution in [0.25, 0.3) is 0 Å². The first-order chi connectivity index (χ1) is 20.1. The lowest BCUT2D eigenvalue weighted by molar-refractivity contribution is -0.377. The number of carboxylic acid groups (broad SMARTS) is 1. The van der Waals surface area contributed by atoms with Gasteiger partial charge >= 0.3 is 5.97 Å². The van der Waals surface area contributed by atoms with Crippen LogP contribution in [0.15, 0.2) is 0 Å². The molecule has 20 nitrogen and oxygen atoms in total. The topological polar surface area (TPSA) is 343 Å². The number of ether oxygens (including phenoxy) is 4. The Kier molecular flexibility index (Phi) is 13.7. The van der Waals surface area contributed by atoms with Crippen LogP contribution >= 0.6 is 0 Å². The summed E-state index contributed by atoms with van der Waals surface area (Å²) in [5.41, 5.74) is 0. The number of rotatable bonds is 15. The zero-order chi connectivity index (χ0) is 32.8. The fraction of sp³-hybridized carbons (Fsp3) is 0.870. The second-order valence-electron chi connectivity index (χ2n) is 10.1. The highest BCUT2D eigenvalue weighted by Crippen LogP contribution is 2.37. The van der Waals surface area contributed by atoms with Crippen LogP contribution in [0.5, 0.6) is 0 Å². The lowest BCUT2D eigenvalue weighted by Crippen LogP contribution is -2.70. The molecular formula is C23H39NO19. The smallest absolute Gasteiger partial charge is 0.364 e. The standard InChI is InChI=1S/C23H39NO19/c1-7(29)24-13-8(30)2-23(22(38)39,42-19(13)15(35)10(32)4-26)43-20-16(36)12(6-28)40-21(17(20)37)41-18(11(33)5-27)14(34)9(31)3-25/h3,8-21,26-28,30-37H,2,4-6H2,1H3,(H,24,29)(H,38,39). The van der Waals surface area contributed by atoms with Crippen molar-refractivity contribution in [2.45, 2.75) is 105 Å². The van der Waals surface area contributed by atoms with Gasteiger partial charge in [0.25, 0.3) is 5.79 Å². The van der Waals surface area contributed by atoms with Crippen LogP contribution in [0.1, 0.15) is 13.3 Å². The molecule has 2 heterocycles. The number of aliphatic carboxylic acids is 1. The molecule has 250 valence electrons. The number of carboxylic acids is 1. The van der Waals surface area contributed by atoms with Gasteiger partial charge in [0.15, 0.2) is 12.6 Å². The van der Waals surface area contributed by atoms with Crippen molar-refractivity contribution in [3.63, 3.8) is 0 Å². The summed E-state index contributed by atoms with van der Waals surface area (Å²) in [5, 5.41) is 124. The fourth-order valence-corrected chi connectivity index (χ4v) is 4.71. The van der Waals surface area contributed by atoms with E-state index >= 15 is 0 Å². The molecule has 0 saturated carbocycles. The molecule has 2 fully saturated rings. The van der Waals surface area contributed by atoms with Gasteiger partial charge in [0, 0.05) is 13.3 Å². The van der Waals surface area contributed by atoms with Gasteiger partial charge in [-0.1, -0.05) is 0 Å². The Balaban J connectivity index is 2.49. The number of carbonyl (C=O) groups is 3. The second kappa shape index (κ2) is 15.8. The quantitative estimate of drug-likeness (QED) is 0.0744. The molecule has 0 spiro atoms. The molecule has 2 saturated heterocycles. The number of aliphatic hydroxyl groups is 11. The summed E-state index contributed by atoms with van der Waals surface area (Å²) in [6, 6.07) is -1.57. The zero-order valence-corrected chi connectivity index (χ0v) is 22.7. The van der Waals surface area contributed by atoms with Crippen LogP contribution in [0, 0.1) is 0 Å². The Morgan fingerprint density at radius 1 is 1.02 bits per heavy atom. The molecule has 1 amide bonds. The van der Waals surface area contributed by atoms with Gasteiger partial charge in [-0.2, -0.15) is 0 Å². The molecule has 2 aliphatic heterocycles. The maximum Gasteiger partial charge on any atom is 0.364 e. The van der Waals surface area contributed by atoms with Crippen molar-refractivity contribution >= 4 is 18.2 Å². The largest absolute Gasteiger partial charge is 0.477 e. The number of amides is 1. The van der Waals surface area contributed by atoms with Crippen LogP contribution in [-0.4, -0.2) is 191 Å². The maximum atomic E-state index is 12.5. The van der Waals surface area contributed by atoms with Crippen molar-refractivity contribution in [2.75, 3.05) is 19.8 Å². The number of nitrogens with one attached hydrogen (secondary N) is 1. The lowest BCUT2D eigenvalue weighted by Gasteiger charge is -2.50. The van der Waals surface area contributed by atoms with Gasteiger partial charge < -0.3 is 90.3 Å². The normalized spacial score (nSPS) is 37.4. The summed E-state index contributed by atoms with van der Waals surface area (Å²) >= 11 is 0. The van der Waals surface area contributed by atoms with E-state index in [1.807, 2.05) is 0 Å². The SMILES string of the molecule is CC(=O)NC1C(O)CC(OC2C(O)C(CO)OC(OC(C(O)CO)C(O)C(O)C=O)C2O)(C(=O)O)OC1C(O)C(O)CO. The van der Waals surface area contributed by atoms with Crippen molar-refractivity contribution in [3.8, 4) is 0 Å². The minimum atomic E-state index is -3.07. The number of hydrogen-bond donors (Lipinski definition) is 13. The molecule has 15 unspecified atom stereocenters. The van der Waals surface area contributed by atoms with E-state index < -0.39 is 129 Å². The van der Waals surface area contributed by atoms with E-state index in [9.17, 15) is 75.7 Å². The molecule has 0 radical (unpaired) electrons. The average molecular weight is 634 g/mol. The molecule has 0 bridgehead atoms. The average Bonchev–Trinajstić information content (AvgIpc) is 2.97. The minimum Gasteiger partial charge on any atom is -0.477 e. The highest BCUT2D eigenvalue weighted by Gasteiger charge is 2.59. The summed E-state index contributed by atoms with van der Waals surface area (Å²) in [5.74, 6) is -5.85. The van der Waals surface area contributed by atoms with Gasteiger partial charge in [0.1, 0.15) is 67.1 Å². The van der Waals surface area contributed by atoms with E-state index in [4.69, 9.17) is 18.9 Å². The van der Waals surface area contributed by atoms with Gasteiger partial charge in [-0.3, -0.25) is 4.79 Å². The van der Waals surface area contributed by atoms with E-state index in [1.54, 1.807) is 0 Å². The maximum absolute atomic E-state index is 12.5. The monoisotopic (exact) mass is 633 g/mol. The lowest BCUT2D eigenvalue weighted by atomic mass is 9.88. The van der Waals surface area contributed by atoms with Crippen LogP contribution in [-0.2, 0) is 33.3 Å². The highest BCUT2D eigenvalue weighted by atomic mass is 16.8. The summed E-state index contributed by atoms with van der Waals surface area (Å²) < 4.78 is 21.5. The number of aliphatic hydroxyl groups excluding tert-OH is 11. The van der Waals surface area contributed by atoms with Crippen molar-refractivity contribution in [2.24, 2.45) is 0 Å². The zero-order valence-electron chi connectivity index (χ0n) is 22.7. The first-order valence-electron chi connectivity index (χ1n) is 13.0. The van der Waals surface area contributed by atoms with Gasteiger partial charge in [0.2, 0.25) is 5.91 Å². The van der Waals surface area contributed by atoms with E-state index in [0.29, 0.717) is 0 Å². The first-order valence-corrected chi connectivity index (χ1v) is 13.0. The van der Waals surface area contributed by atoms with Crippen molar-refractivity contribution in [1.29, 1.82) is 0 Å². The third-order valence-electron chi connectivity index (χ3n) is 7.02.